The molecule has 12 rings (SSSR count). The number of para-hydroxylation sites is 5. The van der Waals surface area contributed by atoms with Gasteiger partial charge in [-0.05, 0) is 111 Å². The molecule has 2 heterocycles. The molecule has 286 valence electrons. The van der Waals surface area contributed by atoms with Gasteiger partial charge < -0.3 is 9.47 Å². The number of hydrogen-bond donors (Lipinski definition) is 0. The fourth-order valence-electron chi connectivity index (χ4n) is 9.29. The van der Waals surface area contributed by atoms with Crippen LogP contribution < -0.4 is 4.90 Å². The van der Waals surface area contributed by atoms with Gasteiger partial charge in [0.1, 0.15) is 0 Å². The predicted octanol–water partition coefficient (Wildman–Crippen LogP) is 16.8. The van der Waals surface area contributed by atoms with Crippen molar-refractivity contribution in [3.05, 3.63) is 231 Å². The van der Waals surface area contributed by atoms with E-state index in [1.807, 2.05) is 11.3 Å². The van der Waals surface area contributed by atoms with E-state index in [2.05, 4.69) is 240 Å². The number of thiophene rings is 1. The Morgan fingerprint density at radius 2 is 0.902 bits per heavy atom. The highest BCUT2D eigenvalue weighted by atomic mass is 32.1. The summed E-state index contributed by atoms with van der Waals surface area (Å²) >= 11 is 1.86. The van der Waals surface area contributed by atoms with Crippen LogP contribution in [0.4, 0.5) is 17.1 Å². The molecule has 0 aliphatic carbocycles. The minimum Gasteiger partial charge on any atom is -0.308 e. The molecular weight excluding hydrogens is 757 g/mol. The second kappa shape index (κ2) is 14.5. The van der Waals surface area contributed by atoms with Gasteiger partial charge in [-0.25, -0.2) is 0 Å². The molecule has 0 aliphatic rings. The fourth-order valence-corrected chi connectivity index (χ4v) is 10.4. The lowest BCUT2D eigenvalue weighted by molar-refractivity contribution is 1.15. The first-order valence-corrected chi connectivity index (χ1v) is 21.6. The summed E-state index contributed by atoms with van der Waals surface area (Å²) in [6, 6.07) is 84.3. The first-order valence-electron chi connectivity index (χ1n) is 20.8. The van der Waals surface area contributed by atoms with Gasteiger partial charge in [-0.15, -0.1) is 11.3 Å². The van der Waals surface area contributed by atoms with Crippen molar-refractivity contribution in [1.29, 1.82) is 0 Å². The van der Waals surface area contributed by atoms with E-state index in [4.69, 9.17) is 0 Å². The highest BCUT2D eigenvalue weighted by Crippen LogP contribution is 2.46. The van der Waals surface area contributed by atoms with E-state index < -0.39 is 0 Å². The van der Waals surface area contributed by atoms with E-state index in [0.29, 0.717) is 0 Å². The normalized spacial score (nSPS) is 11.6. The van der Waals surface area contributed by atoms with Crippen molar-refractivity contribution in [2.75, 3.05) is 4.90 Å². The van der Waals surface area contributed by atoms with Crippen LogP contribution >= 0.6 is 11.3 Å². The Hall–Kier alpha value is -7.72. The Balaban J connectivity index is 1.04. The molecule has 2 aromatic heterocycles. The van der Waals surface area contributed by atoms with Crippen LogP contribution in [-0.2, 0) is 0 Å². The lowest BCUT2D eigenvalue weighted by atomic mass is 9.97. The molecule has 0 amide bonds. The molecular formula is C58H38N2S. The van der Waals surface area contributed by atoms with Gasteiger partial charge >= 0.3 is 0 Å². The van der Waals surface area contributed by atoms with Gasteiger partial charge in [0.15, 0.2) is 0 Å². The Morgan fingerprint density at radius 3 is 1.70 bits per heavy atom. The Morgan fingerprint density at radius 1 is 0.328 bits per heavy atom. The lowest BCUT2D eigenvalue weighted by Crippen LogP contribution is -2.14. The number of benzene rings is 10. The molecule has 2 nitrogen and oxygen atoms in total. The van der Waals surface area contributed by atoms with Gasteiger partial charge in [-0.3, -0.25) is 0 Å². The first-order chi connectivity index (χ1) is 30.2. The third-order valence-electron chi connectivity index (χ3n) is 12.2. The first kappa shape index (κ1) is 35.2. The quantitative estimate of drug-likeness (QED) is 0.156. The summed E-state index contributed by atoms with van der Waals surface area (Å²) in [7, 11) is 0. The molecule has 61 heavy (non-hydrogen) atoms. The van der Waals surface area contributed by atoms with Crippen molar-refractivity contribution in [3.63, 3.8) is 0 Å². The van der Waals surface area contributed by atoms with Crippen molar-refractivity contribution in [2.45, 2.75) is 0 Å². The van der Waals surface area contributed by atoms with Gasteiger partial charge in [0.2, 0.25) is 0 Å². The summed E-state index contributed by atoms with van der Waals surface area (Å²) in [6.45, 7) is 0. The third kappa shape index (κ3) is 6.01. The van der Waals surface area contributed by atoms with Crippen LogP contribution in [0.15, 0.2) is 231 Å². The van der Waals surface area contributed by atoms with Crippen molar-refractivity contribution in [3.8, 4) is 39.1 Å². The van der Waals surface area contributed by atoms with Gasteiger partial charge in [-0.2, -0.15) is 0 Å². The zero-order chi connectivity index (χ0) is 40.3. The Kier molecular flexibility index (Phi) is 8.39. The van der Waals surface area contributed by atoms with Crippen LogP contribution in [0.25, 0.3) is 91.8 Å². The molecule has 12 aromatic rings. The number of rotatable bonds is 7. The molecule has 0 spiro atoms. The standard InChI is InChI=1S/C58H38N2S/c1-2-15-41-37-44(29-28-39(41)14-1)43-17-13-16-42(36-43)40-30-33-46(34-31-40)59(52-22-7-3-18-47(52)45-32-35-58-51(38-45)50-21-6-12-27-57(50)61-58)55-25-10-11-26-56(55)60-53-23-8-4-19-48(53)49-20-5-9-24-54(49)60/h1-38H. The summed E-state index contributed by atoms with van der Waals surface area (Å²) in [5.74, 6) is 0. The monoisotopic (exact) mass is 794 g/mol. The van der Waals surface area contributed by atoms with Crippen LogP contribution in [0.5, 0.6) is 0 Å². The van der Waals surface area contributed by atoms with Crippen LogP contribution in [0.1, 0.15) is 0 Å². The van der Waals surface area contributed by atoms with Crippen LogP contribution in [0.2, 0.25) is 0 Å². The molecule has 3 heteroatoms. The molecule has 0 aliphatic heterocycles. The summed E-state index contributed by atoms with van der Waals surface area (Å²) < 4.78 is 5.05. The maximum absolute atomic E-state index is 2.46. The molecule has 0 saturated heterocycles. The molecule has 10 aromatic carbocycles. The fraction of sp³-hybridized carbons (Fsp3) is 0. The summed E-state index contributed by atoms with van der Waals surface area (Å²) in [5.41, 5.74) is 13.9. The van der Waals surface area contributed by atoms with Crippen molar-refractivity contribution in [1.82, 2.24) is 4.57 Å². The molecule has 0 fully saturated rings. The van der Waals surface area contributed by atoms with E-state index in [0.717, 1.165) is 22.7 Å². The van der Waals surface area contributed by atoms with E-state index >= 15 is 0 Å². The number of hydrogen-bond acceptors (Lipinski definition) is 2. The largest absolute Gasteiger partial charge is 0.308 e. The number of fused-ring (bicyclic) bond motifs is 7. The Labute approximate surface area is 358 Å². The average molecular weight is 795 g/mol. The zero-order valence-electron chi connectivity index (χ0n) is 33.2. The maximum Gasteiger partial charge on any atom is 0.0702 e. The number of nitrogens with zero attached hydrogens (tertiary/aromatic N) is 2. The summed E-state index contributed by atoms with van der Waals surface area (Å²) in [5, 5.41) is 7.58. The number of anilines is 3. The van der Waals surface area contributed by atoms with Crippen LogP contribution in [0, 0.1) is 0 Å². The van der Waals surface area contributed by atoms with E-state index in [1.54, 1.807) is 0 Å². The predicted molar refractivity (Wildman–Crippen MR) is 262 cm³/mol. The molecule has 0 unspecified atom stereocenters. The third-order valence-corrected chi connectivity index (χ3v) is 13.3. The Bertz CT molecular complexity index is 3560. The van der Waals surface area contributed by atoms with E-state index in [1.165, 1.54) is 86.1 Å². The summed E-state index contributed by atoms with van der Waals surface area (Å²) in [4.78, 5) is 2.46. The summed E-state index contributed by atoms with van der Waals surface area (Å²) in [6.07, 6.45) is 0. The second-order valence-electron chi connectivity index (χ2n) is 15.7. The van der Waals surface area contributed by atoms with Gasteiger partial charge in [-0.1, -0.05) is 158 Å². The van der Waals surface area contributed by atoms with Gasteiger partial charge in [0.25, 0.3) is 0 Å². The van der Waals surface area contributed by atoms with E-state index in [9.17, 15) is 0 Å². The highest BCUT2D eigenvalue weighted by molar-refractivity contribution is 7.25. The van der Waals surface area contributed by atoms with Crippen LogP contribution in [-0.4, -0.2) is 4.57 Å². The molecule has 0 N–H and O–H groups in total. The molecule has 0 radical (unpaired) electrons. The molecule has 0 atom stereocenters. The van der Waals surface area contributed by atoms with Crippen molar-refractivity contribution < 1.29 is 0 Å². The van der Waals surface area contributed by atoms with Crippen LogP contribution in [0.3, 0.4) is 0 Å². The minimum atomic E-state index is 1.08. The SMILES string of the molecule is c1cc(-c2ccc(N(c3ccccc3-c3ccc4sc5ccccc5c4c3)c3ccccc3-n3c4ccccc4c4ccccc43)cc2)cc(-c2ccc3ccccc3c2)c1. The lowest BCUT2D eigenvalue weighted by Gasteiger charge is -2.30. The van der Waals surface area contributed by atoms with Crippen molar-refractivity contribution in [2.24, 2.45) is 0 Å². The maximum atomic E-state index is 2.46. The second-order valence-corrected chi connectivity index (χ2v) is 16.8. The molecule has 0 bridgehead atoms. The topological polar surface area (TPSA) is 8.17 Å². The average Bonchev–Trinajstić information content (AvgIpc) is 3.88. The van der Waals surface area contributed by atoms with Gasteiger partial charge in [0.05, 0.1) is 28.1 Å². The smallest absolute Gasteiger partial charge is 0.0702 e. The molecule has 0 saturated carbocycles. The minimum absolute atomic E-state index is 1.08. The highest BCUT2D eigenvalue weighted by Gasteiger charge is 2.23. The van der Waals surface area contributed by atoms with Crippen molar-refractivity contribution >= 4 is 81.1 Å². The van der Waals surface area contributed by atoms with Gasteiger partial charge in [0, 0.05) is 42.2 Å². The zero-order valence-corrected chi connectivity index (χ0v) is 34.1. The number of aromatic nitrogens is 1. The van der Waals surface area contributed by atoms with E-state index in [-0.39, 0.29) is 0 Å².